The first-order valence-electron chi connectivity index (χ1n) is 5.73. The first-order valence-corrected chi connectivity index (χ1v) is 6.11. The van der Waals surface area contributed by atoms with Crippen LogP contribution in [0.15, 0.2) is 48.8 Å². The molecule has 0 saturated carbocycles. The molecule has 1 aromatic carbocycles. The van der Waals surface area contributed by atoms with Crippen LogP contribution in [0.5, 0.6) is 0 Å². The van der Waals surface area contributed by atoms with Crippen molar-refractivity contribution < 1.29 is 0 Å². The monoisotopic (exact) mass is 257 g/mol. The van der Waals surface area contributed by atoms with Crippen LogP contribution in [0.1, 0.15) is 5.56 Å². The molecule has 2 N–H and O–H groups in total. The van der Waals surface area contributed by atoms with Crippen LogP contribution in [0.3, 0.4) is 0 Å². The molecule has 0 unspecified atom stereocenters. The molecule has 0 aliphatic carbocycles. The number of aromatic nitrogens is 2. The van der Waals surface area contributed by atoms with Crippen molar-refractivity contribution in [3.63, 3.8) is 0 Å². The lowest BCUT2D eigenvalue weighted by Gasteiger charge is -2.07. The summed E-state index contributed by atoms with van der Waals surface area (Å²) in [6.07, 6.45) is 3.65. The van der Waals surface area contributed by atoms with Gasteiger partial charge in [0.1, 0.15) is 5.15 Å². The molecular weight excluding hydrogens is 246 g/mol. The van der Waals surface area contributed by atoms with Gasteiger partial charge in [-0.05, 0) is 29.1 Å². The zero-order valence-corrected chi connectivity index (χ0v) is 10.4. The molecule has 0 aliphatic heterocycles. The van der Waals surface area contributed by atoms with E-state index in [4.69, 9.17) is 11.6 Å². The average Bonchev–Trinajstić information content (AvgIpc) is 2.85. The van der Waals surface area contributed by atoms with Crippen LogP contribution in [0.2, 0.25) is 5.15 Å². The minimum atomic E-state index is 0.498. The van der Waals surface area contributed by atoms with E-state index in [2.05, 4.69) is 39.6 Å². The number of hydrogen-bond acceptors (Lipinski definition) is 2. The highest BCUT2D eigenvalue weighted by atomic mass is 35.5. The fourth-order valence-electron chi connectivity index (χ4n) is 2.01. The highest BCUT2D eigenvalue weighted by Crippen LogP contribution is 2.19. The molecule has 0 bridgehead atoms. The van der Waals surface area contributed by atoms with Crippen molar-refractivity contribution in [2.75, 3.05) is 5.32 Å². The van der Waals surface area contributed by atoms with E-state index in [1.165, 1.54) is 16.5 Å². The Labute approximate surface area is 110 Å². The van der Waals surface area contributed by atoms with Crippen molar-refractivity contribution in [2.24, 2.45) is 0 Å². The molecule has 0 amide bonds. The van der Waals surface area contributed by atoms with Gasteiger partial charge in [0, 0.05) is 24.6 Å². The van der Waals surface area contributed by atoms with Crippen LogP contribution >= 0.6 is 11.6 Å². The van der Waals surface area contributed by atoms with E-state index in [9.17, 15) is 0 Å². The van der Waals surface area contributed by atoms with Gasteiger partial charge in [0.05, 0.1) is 5.52 Å². The van der Waals surface area contributed by atoms with Crippen LogP contribution < -0.4 is 5.32 Å². The molecule has 0 aliphatic rings. The van der Waals surface area contributed by atoms with Crippen molar-refractivity contribution in [3.05, 3.63) is 59.5 Å². The number of rotatable bonds is 3. The Bertz CT molecular complexity index is 675. The maximum Gasteiger partial charge on any atom is 0.131 e. The van der Waals surface area contributed by atoms with Crippen molar-refractivity contribution in [3.8, 4) is 0 Å². The molecule has 0 radical (unpaired) electrons. The van der Waals surface area contributed by atoms with Crippen LogP contribution in [0, 0.1) is 0 Å². The maximum absolute atomic E-state index is 5.85. The minimum Gasteiger partial charge on any atom is -0.381 e. The molecule has 90 valence electrons. The number of halogens is 1. The Morgan fingerprint density at radius 3 is 3.06 bits per heavy atom. The van der Waals surface area contributed by atoms with Gasteiger partial charge in [-0.3, -0.25) is 0 Å². The lowest BCUT2D eigenvalue weighted by molar-refractivity contribution is 1.15. The third kappa shape index (κ3) is 2.17. The van der Waals surface area contributed by atoms with E-state index >= 15 is 0 Å². The van der Waals surface area contributed by atoms with Crippen LogP contribution in [0.4, 0.5) is 5.69 Å². The Kier molecular flexibility index (Phi) is 2.90. The lowest BCUT2D eigenvalue weighted by atomic mass is 10.1. The van der Waals surface area contributed by atoms with Gasteiger partial charge in [0.2, 0.25) is 0 Å². The smallest absolute Gasteiger partial charge is 0.131 e. The topological polar surface area (TPSA) is 40.7 Å². The number of aromatic amines is 1. The summed E-state index contributed by atoms with van der Waals surface area (Å²) in [6.45, 7) is 0.748. The number of fused-ring (bicyclic) bond motifs is 1. The third-order valence-electron chi connectivity index (χ3n) is 2.88. The summed E-state index contributed by atoms with van der Waals surface area (Å²) in [5, 5.41) is 5.06. The van der Waals surface area contributed by atoms with Gasteiger partial charge in [0.25, 0.3) is 0 Å². The minimum absolute atomic E-state index is 0.498. The first-order chi connectivity index (χ1) is 8.83. The molecule has 3 aromatic rings. The summed E-state index contributed by atoms with van der Waals surface area (Å²) in [6, 6.07) is 12.1. The molecule has 2 heterocycles. The SMILES string of the molecule is Clc1cc(NCc2cccc3cc[nH]c23)ccn1. The number of benzene rings is 1. The number of pyridine rings is 1. The molecule has 0 saturated heterocycles. The summed E-state index contributed by atoms with van der Waals surface area (Å²) in [5.41, 5.74) is 3.37. The number of nitrogens with zero attached hydrogens (tertiary/aromatic N) is 1. The van der Waals surface area contributed by atoms with E-state index < -0.39 is 0 Å². The summed E-state index contributed by atoms with van der Waals surface area (Å²) in [5.74, 6) is 0. The summed E-state index contributed by atoms with van der Waals surface area (Å²) >= 11 is 5.85. The van der Waals surface area contributed by atoms with Crippen molar-refractivity contribution in [1.29, 1.82) is 0 Å². The fourth-order valence-corrected chi connectivity index (χ4v) is 2.18. The Morgan fingerprint density at radius 2 is 2.17 bits per heavy atom. The van der Waals surface area contributed by atoms with Crippen molar-refractivity contribution in [2.45, 2.75) is 6.54 Å². The van der Waals surface area contributed by atoms with E-state index in [0.717, 1.165) is 12.2 Å². The van der Waals surface area contributed by atoms with Crippen LogP contribution in [0.25, 0.3) is 10.9 Å². The number of hydrogen-bond donors (Lipinski definition) is 2. The number of para-hydroxylation sites is 1. The lowest BCUT2D eigenvalue weighted by Crippen LogP contribution is -2.00. The quantitative estimate of drug-likeness (QED) is 0.700. The molecule has 0 atom stereocenters. The molecule has 0 fully saturated rings. The van der Waals surface area contributed by atoms with Crippen molar-refractivity contribution >= 4 is 28.2 Å². The highest BCUT2D eigenvalue weighted by molar-refractivity contribution is 6.29. The second-order valence-corrected chi connectivity index (χ2v) is 4.47. The van der Waals surface area contributed by atoms with Gasteiger partial charge in [-0.2, -0.15) is 0 Å². The molecular formula is C14H12ClN3. The van der Waals surface area contributed by atoms with Gasteiger partial charge in [-0.15, -0.1) is 0 Å². The highest BCUT2D eigenvalue weighted by Gasteiger charge is 2.01. The Morgan fingerprint density at radius 1 is 1.22 bits per heavy atom. The molecule has 3 rings (SSSR count). The second-order valence-electron chi connectivity index (χ2n) is 4.08. The number of H-pyrrole nitrogens is 1. The standard InChI is InChI=1S/C14H12ClN3/c15-13-8-12(5-7-16-13)18-9-11-3-1-2-10-4-6-17-14(10)11/h1-8,17H,9H2,(H,16,18). The summed E-state index contributed by atoms with van der Waals surface area (Å²) in [4.78, 5) is 7.21. The molecule has 0 spiro atoms. The summed E-state index contributed by atoms with van der Waals surface area (Å²) in [7, 11) is 0. The van der Waals surface area contributed by atoms with Gasteiger partial charge in [-0.25, -0.2) is 4.98 Å². The average molecular weight is 258 g/mol. The second kappa shape index (κ2) is 4.70. The van der Waals surface area contributed by atoms with Gasteiger partial charge >= 0.3 is 0 Å². The molecule has 4 heteroatoms. The summed E-state index contributed by atoms with van der Waals surface area (Å²) < 4.78 is 0. The van der Waals surface area contributed by atoms with E-state index in [-0.39, 0.29) is 0 Å². The van der Waals surface area contributed by atoms with Gasteiger partial charge in [0.15, 0.2) is 0 Å². The van der Waals surface area contributed by atoms with Crippen molar-refractivity contribution in [1.82, 2.24) is 9.97 Å². The normalized spacial score (nSPS) is 10.7. The molecule has 2 aromatic heterocycles. The molecule has 18 heavy (non-hydrogen) atoms. The first kappa shape index (κ1) is 11.1. The zero-order valence-electron chi connectivity index (χ0n) is 9.65. The van der Waals surface area contributed by atoms with Crippen LogP contribution in [-0.4, -0.2) is 9.97 Å². The number of anilines is 1. The predicted octanol–water partition coefficient (Wildman–Crippen LogP) is 3.83. The fraction of sp³-hybridized carbons (Fsp3) is 0.0714. The zero-order chi connectivity index (χ0) is 12.4. The van der Waals surface area contributed by atoms with E-state index in [0.29, 0.717) is 5.15 Å². The van der Waals surface area contributed by atoms with Gasteiger partial charge in [-0.1, -0.05) is 29.8 Å². The van der Waals surface area contributed by atoms with E-state index in [1.807, 2.05) is 18.3 Å². The van der Waals surface area contributed by atoms with Crippen LogP contribution in [-0.2, 0) is 6.54 Å². The maximum atomic E-state index is 5.85. The predicted molar refractivity (Wildman–Crippen MR) is 74.9 cm³/mol. The van der Waals surface area contributed by atoms with E-state index in [1.54, 1.807) is 6.20 Å². The Balaban J connectivity index is 1.83. The largest absolute Gasteiger partial charge is 0.381 e. The number of nitrogens with one attached hydrogen (secondary N) is 2. The van der Waals surface area contributed by atoms with Gasteiger partial charge < -0.3 is 10.3 Å². The Hall–Kier alpha value is -2.00. The third-order valence-corrected chi connectivity index (χ3v) is 3.09. The molecule has 3 nitrogen and oxygen atoms in total.